The standard InChI is InChI=1S/C19H21N3O4S/c1-13(23)14-3-5-15(6-4-14)21-16-7-9-20-18(11-16)19(24)22(2)17-8-10-27(25,26)12-17/h3-7,9,11,17H,8,10,12H2,1-2H3,(H,20,21). The van der Waals surface area contributed by atoms with Crippen molar-refractivity contribution in [3.05, 3.63) is 53.9 Å². The lowest BCUT2D eigenvalue weighted by Crippen LogP contribution is -2.38. The van der Waals surface area contributed by atoms with E-state index >= 15 is 0 Å². The summed E-state index contributed by atoms with van der Waals surface area (Å²) in [4.78, 5) is 29.6. The maximum atomic E-state index is 12.7. The first-order valence-corrected chi connectivity index (χ1v) is 10.4. The molecule has 1 fully saturated rings. The maximum absolute atomic E-state index is 12.7. The van der Waals surface area contributed by atoms with Gasteiger partial charge in [-0.2, -0.15) is 0 Å². The molecule has 8 heteroatoms. The van der Waals surface area contributed by atoms with E-state index in [0.717, 1.165) is 5.69 Å². The molecule has 1 aliphatic rings. The maximum Gasteiger partial charge on any atom is 0.272 e. The highest BCUT2D eigenvalue weighted by Crippen LogP contribution is 2.21. The van der Waals surface area contributed by atoms with Crippen molar-refractivity contribution in [1.29, 1.82) is 0 Å². The van der Waals surface area contributed by atoms with Crippen LogP contribution >= 0.6 is 0 Å². The summed E-state index contributed by atoms with van der Waals surface area (Å²) in [6.45, 7) is 1.51. The Hall–Kier alpha value is -2.74. The predicted molar refractivity (Wildman–Crippen MR) is 103 cm³/mol. The third-order valence-corrected chi connectivity index (χ3v) is 6.39. The summed E-state index contributed by atoms with van der Waals surface area (Å²) in [7, 11) is -1.46. The Morgan fingerprint density at radius 2 is 1.85 bits per heavy atom. The highest BCUT2D eigenvalue weighted by atomic mass is 32.2. The van der Waals surface area contributed by atoms with Crippen LogP contribution in [0.2, 0.25) is 0 Å². The number of amides is 1. The van der Waals surface area contributed by atoms with Crippen LogP contribution in [-0.4, -0.2) is 54.6 Å². The molecule has 1 aliphatic heterocycles. The van der Waals surface area contributed by atoms with Crippen LogP contribution in [0.15, 0.2) is 42.6 Å². The molecule has 2 aromatic rings. The smallest absolute Gasteiger partial charge is 0.272 e. The summed E-state index contributed by atoms with van der Waals surface area (Å²) in [5.41, 5.74) is 2.32. The third-order valence-electron chi connectivity index (χ3n) is 4.64. The number of benzene rings is 1. The molecular formula is C19H21N3O4S. The van der Waals surface area contributed by atoms with Gasteiger partial charge in [0.05, 0.1) is 11.5 Å². The SMILES string of the molecule is CC(=O)c1ccc(Nc2ccnc(C(=O)N(C)C3CCS(=O)(=O)C3)c2)cc1. The van der Waals surface area contributed by atoms with Gasteiger partial charge in [0.25, 0.3) is 5.91 Å². The molecule has 0 bridgehead atoms. The number of hydrogen-bond donors (Lipinski definition) is 1. The largest absolute Gasteiger partial charge is 0.355 e. The molecule has 1 aromatic carbocycles. The minimum atomic E-state index is -3.07. The molecule has 7 nitrogen and oxygen atoms in total. The van der Waals surface area contributed by atoms with Crippen molar-refractivity contribution < 1.29 is 18.0 Å². The Kier molecular flexibility index (Phi) is 5.27. The molecular weight excluding hydrogens is 366 g/mol. The number of nitrogens with one attached hydrogen (secondary N) is 1. The molecule has 27 heavy (non-hydrogen) atoms. The lowest BCUT2D eigenvalue weighted by molar-refractivity contribution is 0.0741. The second kappa shape index (κ2) is 7.48. The zero-order valence-corrected chi connectivity index (χ0v) is 16.0. The average Bonchev–Trinajstić information content (AvgIpc) is 3.01. The van der Waals surface area contributed by atoms with Crippen molar-refractivity contribution >= 4 is 32.9 Å². The normalized spacial score (nSPS) is 18.1. The van der Waals surface area contributed by atoms with Gasteiger partial charge in [0.15, 0.2) is 15.6 Å². The lowest BCUT2D eigenvalue weighted by atomic mass is 10.1. The second-order valence-electron chi connectivity index (χ2n) is 6.66. The first-order chi connectivity index (χ1) is 12.7. The average molecular weight is 387 g/mol. The Morgan fingerprint density at radius 1 is 1.15 bits per heavy atom. The molecule has 0 aliphatic carbocycles. The molecule has 3 rings (SSSR count). The van der Waals surface area contributed by atoms with Crippen LogP contribution in [0.3, 0.4) is 0 Å². The molecule has 1 aromatic heterocycles. The number of anilines is 2. The van der Waals surface area contributed by atoms with Crippen LogP contribution in [0.25, 0.3) is 0 Å². The zero-order valence-electron chi connectivity index (χ0n) is 15.2. The quantitative estimate of drug-likeness (QED) is 0.791. The molecule has 1 N–H and O–H groups in total. The van der Waals surface area contributed by atoms with Gasteiger partial charge < -0.3 is 10.2 Å². The van der Waals surface area contributed by atoms with Gasteiger partial charge in [0.1, 0.15) is 5.69 Å². The van der Waals surface area contributed by atoms with Gasteiger partial charge in [-0.15, -0.1) is 0 Å². The van der Waals surface area contributed by atoms with Crippen LogP contribution in [-0.2, 0) is 9.84 Å². The van der Waals surface area contributed by atoms with E-state index in [-0.39, 0.29) is 34.9 Å². The molecule has 1 atom stereocenters. The van der Waals surface area contributed by atoms with Crippen molar-refractivity contribution in [3.63, 3.8) is 0 Å². The van der Waals surface area contributed by atoms with Crippen LogP contribution in [0.5, 0.6) is 0 Å². The molecule has 1 amide bonds. The molecule has 1 saturated heterocycles. The van der Waals surface area contributed by atoms with Crippen LogP contribution < -0.4 is 5.32 Å². The number of aromatic nitrogens is 1. The fourth-order valence-electron chi connectivity index (χ4n) is 3.01. The van der Waals surface area contributed by atoms with Gasteiger partial charge in [0, 0.05) is 36.2 Å². The topological polar surface area (TPSA) is 96.4 Å². The minimum absolute atomic E-state index is 0.00429. The fourth-order valence-corrected chi connectivity index (χ4v) is 4.78. The summed E-state index contributed by atoms with van der Waals surface area (Å²) in [5, 5.41) is 3.17. The first-order valence-electron chi connectivity index (χ1n) is 8.57. The Labute approximate surface area is 158 Å². The Bertz CT molecular complexity index is 971. The van der Waals surface area contributed by atoms with Crippen LogP contribution in [0, 0.1) is 0 Å². The Balaban J connectivity index is 1.73. The lowest BCUT2D eigenvalue weighted by Gasteiger charge is -2.23. The minimum Gasteiger partial charge on any atom is -0.355 e. The van der Waals surface area contributed by atoms with Crippen LogP contribution in [0.4, 0.5) is 11.4 Å². The highest BCUT2D eigenvalue weighted by Gasteiger charge is 2.33. The first kappa shape index (κ1) is 19.0. The summed E-state index contributed by atoms with van der Waals surface area (Å²) < 4.78 is 23.3. The second-order valence-corrected chi connectivity index (χ2v) is 8.89. The van der Waals surface area contributed by atoms with Gasteiger partial charge >= 0.3 is 0 Å². The van der Waals surface area contributed by atoms with Crippen molar-refractivity contribution in [3.8, 4) is 0 Å². The number of pyridine rings is 1. The molecule has 1 unspecified atom stereocenters. The van der Waals surface area contributed by atoms with Gasteiger partial charge in [-0.1, -0.05) is 0 Å². The Morgan fingerprint density at radius 3 is 2.44 bits per heavy atom. The van der Waals surface area contributed by atoms with Crippen molar-refractivity contribution in [2.45, 2.75) is 19.4 Å². The van der Waals surface area contributed by atoms with Crippen molar-refractivity contribution in [1.82, 2.24) is 9.88 Å². The van der Waals surface area contributed by atoms with Gasteiger partial charge in [-0.25, -0.2) is 8.42 Å². The highest BCUT2D eigenvalue weighted by molar-refractivity contribution is 7.91. The van der Waals surface area contributed by atoms with E-state index in [1.807, 2.05) is 0 Å². The number of carbonyl (C=O) groups excluding carboxylic acids is 2. The molecule has 0 radical (unpaired) electrons. The van der Waals surface area contributed by atoms with E-state index in [1.165, 1.54) is 18.0 Å². The van der Waals surface area contributed by atoms with Gasteiger partial charge in [0.2, 0.25) is 0 Å². The number of ketones is 1. The monoisotopic (exact) mass is 387 g/mol. The van der Waals surface area contributed by atoms with Gasteiger partial charge in [-0.3, -0.25) is 14.6 Å². The third kappa shape index (κ3) is 4.51. The summed E-state index contributed by atoms with van der Waals surface area (Å²) >= 11 is 0. The number of nitrogens with zero attached hydrogens (tertiary/aromatic N) is 2. The summed E-state index contributed by atoms with van der Waals surface area (Å²) in [6, 6.07) is 10.1. The number of Topliss-reactive ketones (excluding diaryl/α,β-unsaturated/α-hetero) is 1. The van der Waals surface area contributed by atoms with E-state index in [4.69, 9.17) is 0 Å². The van der Waals surface area contributed by atoms with Crippen molar-refractivity contribution in [2.24, 2.45) is 0 Å². The molecule has 2 heterocycles. The van der Waals surface area contributed by atoms with E-state index in [9.17, 15) is 18.0 Å². The van der Waals surface area contributed by atoms with Crippen molar-refractivity contribution in [2.75, 3.05) is 23.9 Å². The molecule has 0 spiro atoms. The van der Waals surface area contributed by atoms with Crippen LogP contribution in [0.1, 0.15) is 34.2 Å². The fraction of sp³-hybridized carbons (Fsp3) is 0.316. The van der Waals surface area contributed by atoms with Gasteiger partial charge in [-0.05, 0) is 49.7 Å². The predicted octanol–water partition coefficient (Wildman–Crippen LogP) is 2.29. The van der Waals surface area contributed by atoms with E-state index < -0.39 is 9.84 Å². The molecule has 0 saturated carbocycles. The number of rotatable bonds is 5. The summed E-state index contributed by atoms with van der Waals surface area (Å²) in [6.07, 6.45) is 1.98. The van der Waals surface area contributed by atoms with E-state index in [0.29, 0.717) is 17.7 Å². The summed E-state index contributed by atoms with van der Waals surface area (Å²) in [5.74, 6) is -0.209. The number of hydrogen-bond acceptors (Lipinski definition) is 6. The van der Waals surface area contributed by atoms with E-state index in [2.05, 4.69) is 10.3 Å². The zero-order chi connectivity index (χ0) is 19.6. The number of carbonyl (C=O) groups is 2. The van der Waals surface area contributed by atoms with E-state index in [1.54, 1.807) is 43.4 Å². The number of sulfone groups is 1. The molecule has 142 valence electrons.